The minimum atomic E-state index is -5.44. The molecule has 0 aromatic heterocycles. The molecule has 3 aliphatic carbocycles. The quantitative estimate of drug-likeness (QED) is 0.104. The van der Waals surface area contributed by atoms with Crippen LogP contribution >= 0.6 is 11.8 Å². The predicted molar refractivity (Wildman–Crippen MR) is 185 cm³/mol. The van der Waals surface area contributed by atoms with Gasteiger partial charge in [-0.15, -0.1) is 0 Å². The number of fused-ring (bicyclic) bond motifs is 5. The van der Waals surface area contributed by atoms with Crippen LogP contribution in [0.2, 0.25) is 0 Å². The van der Waals surface area contributed by atoms with E-state index in [-0.39, 0.29) is 24.7 Å². The van der Waals surface area contributed by atoms with Crippen LogP contribution < -0.4 is 5.46 Å². The van der Waals surface area contributed by atoms with Gasteiger partial charge in [0.15, 0.2) is 0 Å². The SMILES string of the molecule is CC1(C)OB(c2ccc3c(c2)C[C@@H](CCCCCCCCCSCCCC(F)(F)C(F)(F)F)[C@H]2[C@@H]3CC[C@]3(C)CCC[C@@H]23)OC1(C)C. The summed E-state index contributed by atoms with van der Waals surface area (Å²) in [5.41, 5.74) is 4.10. The van der Waals surface area contributed by atoms with Gasteiger partial charge in [-0.3, -0.25) is 0 Å². The van der Waals surface area contributed by atoms with Gasteiger partial charge in [0.25, 0.3) is 0 Å². The monoisotopic (exact) mass is 684 g/mol. The Bertz CT molecular complexity index is 1170. The van der Waals surface area contributed by atoms with E-state index in [9.17, 15) is 22.0 Å². The Balaban J connectivity index is 1.07. The molecule has 5 atom stereocenters. The van der Waals surface area contributed by atoms with Crippen LogP contribution in [0.15, 0.2) is 18.2 Å². The van der Waals surface area contributed by atoms with Crippen molar-refractivity contribution in [2.45, 2.75) is 167 Å². The molecule has 5 rings (SSSR count). The molecule has 3 fully saturated rings. The lowest BCUT2D eigenvalue weighted by Crippen LogP contribution is -2.44. The molecule has 2 saturated carbocycles. The third-order valence-electron chi connectivity index (χ3n) is 12.8. The van der Waals surface area contributed by atoms with Gasteiger partial charge < -0.3 is 9.31 Å². The number of hydrogen-bond donors (Lipinski definition) is 0. The normalized spacial score (nSPS) is 29.9. The molecule has 0 bridgehead atoms. The van der Waals surface area contributed by atoms with Crippen LogP contribution in [0.3, 0.4) is 0 Å². The van der Waals surface area contributed by atoms with Crippen molar-refractivity contribution >= 4 is 24.3 Å². The molecule has 0 spiro atoms. The molecule has 0 N–H and O–H groups in total. The molecule has 1 aromatic rings. The van der Waals surface area contributed by atoms with Gasteiger partial charge in [-0.05, 0) is 136 Å². The van der Waals surface area contributed by atoms with Crippen molar-refractivity contribution in [2.75, 3.05) is 11.5 Å². The standard InChI is InChI=1S/C38H58BF5O2S/c1-34(2)35(3,4)46-39(45-34)29-17-18-30-28(26-29)25-27(33-31(30)19-22-36(5)20-13-16-32(33)36)15-11-9-7-6-8-10-12-23-47-24-14-21-37(40,41)38(42,43)44/h17-18,26-27,31-33H,6-16,19-25H2,1-5H3/t27-,31-,32+,33+,36+/m1/s1. The molecular formula is C38H58BF5O2S. The van der Waals surface area contributed by atoms with Crippen molar-refractivity contribution in [1.82, 2.24) is 0 Å². The van der Waals surface area contributed by atoms with Crippen molar-refractivity contribution in [3.05, 3.63) is 29.3 Å². The smallest absolute Gasteiger partial charge is 0.399 e. The molecule has 0 amide bonds. The summed E-state index contributed by atoms with van der Waals surface area (Å²) in [6.07, 6.45) is 10.9. The lowest BCUT2D eigenvalue weighted by atomic mass is 9.52. The molecule has 2 nitrogen and oxygen atoms in total. The van der Waals surface area contributed by atoms with Crippen molar-refractivity contribution in [1.29, 1.82) is 0 Å². The molecular weight excluding hydrogens is 626 g/mol. The molecule has 1 saturated heterocycles. The van der Waals surface area contributed by atoms with Crippen molar-refractivity contribution in [2.24, 2.45) is 23.2 Å². The summed E-state index contributed by atoms with van der Waals surface area (Å²) in [4.78, 5) is 0. The van der Waals surface area contributed by atoms with Crippen LogP contribution in [0.4, 0.5) is 22.0 Å². The molecule has 4 aliphatic rings. The maximum Gasteiger partial charge on any atom is 0.494 e. The number of thioether (sulfide) groups is 1. The van der Waals surface area contributed by atoms with Crippen molar-refractivity contribution < 1.29 is 31.3 Å². The first-order valence-electron chi connectivity index (χ1n) is 18.6. The van der Waals surface area contributed by atoms with Gasteiger partial charge in [0.05, 0.1) is 11.2 Å². The van der Waals surface area contributed by atoms with E-state index in [0.717, 1.165) is 48.2 Å². The lowest BCUT2D eigenvalue weighted by Gasteiger charge is -2.52. The summed E-state index contributed by atoms with van der Waals surface area (Å²) in [5.74, 6) is -0.324. The Morgan fingerprint density at radius 2 is 1.45 bits per heavy atom. The van der Waals surface area contributed by atoms with E-state index in [4.69, 9.17) is 9.31 Å². The van der Waals surface area contributed by atoms with Gasteiger partial charge in [0.1, 0.15) is 0 Å². The molecule has 0 unspecified atom stereocenters. The fourth-order valence-electron chi connectivity index (χ4n) is 9.34. The van der Waals surface area contributed by atoms with E-state index in [2.05, 4.69) is 52.8 Å². The third-order valence-corrected chi connectivity index (χ3v) is 13.9. The molecule has 1 aliphatic heterocycles. The highest BCUT2D eigenvalue weighted by molar-refractivity contribution is 7.99. The zero-order valence-electron chi connectivity index (χ0n) is 29.5. The van der Waals surface area contributed by atoms with E-state index >= 15 is 0 Å². The highest BCUT2D eigenvalue weighted by Gasteiger charge is 2.57. The average Bonchev–Trinajstić information content (AvgIpc) is 3.49. The van der Waals surface area contributed by atoms with Gasteiger partial charge in [-0.25, -0.2) is 0 Å². The molecule has 9 heteroatoms. The Morgan fingerprint density at radius 1 is 0.809 bits per heavy atom. The molecule has 47 heavy (non-hydrogen) atoms. The number of hydrogen-bond acceptors (Lipinski definition) is 3. The summed E-state index contributed by atoms with van der Waals surface area (Å²) < 4.78 is 75.7. The molecule has 1 aromatic carbocycles. The number of benzene rings is 1. The number of unbranched alkanes of at least 4 members (excludes halogenated alkanes) is 6. The Morgan fingerprint density at radius 3 is 2.13 bits per heavy atom. The van der Waals surface area contributed by atoms with Crippen LogP contribution in [0.1, 0.15) is 148 Å². The topological polar surface area (TPSA) is 18.5 Å². The minimum absolute atomic E-state index is 0.105. The summed E-state index contributed by atoms with van der Waals surface area (Å²) in [5, 5.41) is 0. The summed E-state index contributed by atoms with van der Waals surface area (Å²) in [6, 6.07) is 7.12. The first-order chi connectivity index (χ1) is 22.0. The molecule has 266 valence electrons. The Kier molecular flexibility index (Phi) is 11.8. The average molecular weight is 685 g/mol. The first-order valence-corrected chi connectivity index (χ1v) is 19.7. The maximum atomic E-state index is 13.0. The fourth-order valence-corrected chi connectivity index (χ4v) is 10.3. The summed E-state index contributed by atoms with van der Waals surface area (Å²) >= 11 is 1.50. The number of halogens is 5. The van der Waals surface area contributed by atoms with E-state index in [0.29, 0.717) is 17.1 Å². The summed E-state index contributed by atoms with van der Waals surface area (Å²) in [7, 11) is -0.319. The first kappa shape index (κ1) is 37.5. The van der Waals surface area contributed by atoms with Crippen molar-refractivity contribution in [3.63, 3.8) is 0 Å². The van der Waals surface area contributed by atoms with E-state index in [1.54, 1.807) is 5.56 Å². The van der Waals surface area contributed by atoms with E-state index in [1.165, 1.54) is 88.0 Å². The number of rotatable bonds is 15. The molecule has 0 radical (unpaired) electrons. The van der Waals surface area contributed by atoms with Crippen LogP contribution in [-0.2, 0) is 15.7 Å². The van der Waals surface area contributed by atoms with Gasteiger partial charge in [-0.1, -0.05) is 70.1 Å². The Labute approximate surface area is 285 Å². The second-order valence-electron chi connectivity index (χ2n) is 16.6. The maximum absolute atomic E-state index is 13.0. The largest absolute Gasteiger partial charge is 0.494 e. The zero-order valence-corrected chi connectivity index (χ0v) is 30.3. The molecule has 1 heterocycles. The third kappa shape index (κ3) is 8.40. The summed E-state index contributed by atoms with van der Waals surface area (Å²) in [6.45, 7) is 11.1. The van der Waals surface area contributed by atoms with Crippen LogP contribution in [-0.4, -0.2) is 41.9 Å². The fraction of sp³-hybridized carbons (Fsp3) is 0.842. The van der Waals surface area contributed by atoms with Gasteiger partial charge in [0, 0.05) is 6.42 Å². The number of alkyl halides is 5. The van der Waals surface area contributed by atoms with E-state index in [1.807, 2.05) is 0 Å². The van der Waals surface area contributed by atoms with E-state index < -0.39 is 18.5 Å². The van der Waals surface area contributed by atoms with Gasteiger partial charge >= 0.3 is 19.2 Å². The van der Waals surface area contributed by atoms with Crippen LogP contribution in [0.5, 0.6) is 0 Å². The van der Waals surface area contributed by atoms with Gasteiger partial charge in [0.2, 0.25) is 0 Å². The zero-order chi connectivity index (χ0) is 34.1. The second-order valence-corrected chi connectivity index (χ2v) is 17.8. The van der Waals surface area contributed by atoms with Crippen LogP contribution in [0.25, 0.3) is 0 Å². The lowest BCUT2D eigenvalue weighted by molar-refractivity contribution is -0.284. The highest BCUT2D eigenvalue weighted by Crippen LogP contribution is 2.62. The second kappa shape index (κ2) is 14.8. The minimum Gasteiger partial charge on any atom is -0.399 e. The Hall–Kier alpha value is -0.795. The predicted octanol–water partition coefficient (Wildman–Crippen LogP) is 11.3. The van der Waals surface area contributed by atoms with Gasteiger partial charge in [-0.2, -0.15) is 33.7 Å². The highest BCUT2D eigenvalue weighted by atomic mass is 32.2. The van der Waals surface area contributed by atoms with Crippen molar-refractivity contribution in [3.8, 4) is 0 Å². The van der Waals surface area contributed by atoms with Crippen LogP contribution in [0, 0.1) is 23.2 Å².